The van der Waals surface area contributed by atoms with Gasteiger partial charge in [0.25, 0.3) is 17.9 Å². The number of fused-ring (bicyclic) bond motifs is 4. The van der Waals surface area contributed by atoms with Crippen molar-refractivity contribution in [3.63, 3.8) is 0 Å². The Labute approximate surface area is 185 Å². The number of hydrogen-bond acceptors (Lipinski definition) is 5. The van der Waals surface area contributed by atoms with E-state index >= 15 is 0 Å². The number of likely N-dealkylation sites (tertiary alicyclic amines) is 1. The van der Waals surface area contributed by atoms with Crippen LogP contribution >= 0.6 is 0 Å². The molecule has 0 spiro atoms. The second-order valence-electron chi connectivity index (χ2n) is 8.69. The first-order valence-corrected chi connectivity index (χ1v) is 10.8. The van der Waals surface area contributed by atoms with Crippen molar-refractivity contribution in [3.8, 4) is 0 Å². The van der Waals surface area contributed by atoms with Crippen LogP contribution in [0.15, 0.2) is 35.3 Å². The Balaban J connectivity index is 0.000000775. The maximum Gasteiger partial charge on any atom is 0.290 e. The molecule has 2 fully saturated rings. The van der Waals surface area contributed by atoms with Crippen LogP contribution < -0.4 is 10.5 Å². The number of pyridine rings is 2. The number of anilines is 1. The van der Waals surface area contributed by atoms with Gasteiger partial charge in [-0.05, 0) is 49.9 Å². The monoisotopic (exact) mass is 442 g/mol. The van der Waals surface area contributed by atoms with Crippen LogP contribution in [0.3, 0.4) is 0 Å². The van der Waals surface area contributed by atoms with Crippen LogP contribution in [-0.4, -0.2) is 64.3 Å². The normalized spacial score (nSPS) is 23.8. The molecule has 3 aliphatic rings. The van der Waals surface area contributed by atoms with Crippen LogP contribution in [0.5, 0.6) is 0 Å². The lowest BCUT2D eigenvalue weighted by Gasteiger charge is -2.44. The third-order valence-electron chi connectivity index (χ3n) is 6.50. The fraction of sp³-hybridized carbons (Fsp3) is 0.478. The van der Waals surface area contributed by atoms with Crippen molar-refractivity contribution in [2.45, 2.75) is 38.4 Å². The van der Waals surface area contributed by atoms with Crippen molar-refractivity contribution in [1.82, 2.24) is 14.5 Å². The molecule has 8 nitrogen and oxygen atoms in total. The average Bonchev–Trinajstić information content (AvgIpc) is 3.21. The smallest absolute Gasteiger partial charge is 0.290 e. The van der Waals surface area contributed by atoms with E-state index < -0.39 is 6.17 Å². The van der Waals surface area contributed by atoms with Crippen molar-refractivity contribution in [2.24, 2.45) is 5.92 Å². The fourth-order valence-electron chi connectivity index (χ4n) is 5.12. The number of aromatic nitrogens is 2. The number of carboxylic acid groups (broad SMARTS) is 1. The molecule has 3 aliphatic heterocycles. The summed E-state index contributed by atoms with van der Waals surface area (Å²) in [5.41, 5.74) is 3.12. The Bertz CT molecular complexity index is 1070. The molecule has 2 aromatic rings. The van der Waals surface area contributed by atoms with Gasteiger partial charge in [-0.1, -0.05) is 0 Å². The number of amides is 1. The molecule has 32 heavy (non-hydrogen) atoms. The van der Waals surface area contributed by atoms with Crippen molar-refractivity contribution in [1.29, 1.82) is 0 Å². The largest absolute Gasteiger partial charge is 0.483 e. The number of halogens is 1. The molecular formula is C23H27FN4O4. The summed E-state index contributed by atoms with van der Waals surface area (Å²) in [6.45, 7) is 4.57. The minimum atomic E-state index is -0.985. The average molecular weight is 442 g/mol. The summed E-state index contributed by atoms with van der Waals surface area (Å²) in [4.78, 5) is 42.4. The molecule has 0 aromatic carbocycles. The fourth-order valence-corrected chi connectivity index (χ4v) is 5.12. The Morgan fingerprint density at radius 1 is 1.22 bits per heavy atom. The molecule has 0 radical (unpaired) electrons. The highest BCUT2D eigenvalue weighted by atomic mass is 19.1. The molecule has 3 atom stereocenters. The molecule has 5 heterocycles. The van der Waals surface area contributed by atoms with E-state index in [1.165, 1.54) is 10.6 Å². The number of nitrogens with zero attached hydrogens (tertiary/aromatic N) is 4. The van der Waals surface area contributed by atoms with Gasteiger partial charge in [-0.3, -0.25) is 19.4 Å². The summed E-state index contributed by atoms with van der Waals surface area (Å²) in [5.74, 6) is 0.282. The van der Waals surface area contributed by atoms with Crippen molar-refractivity contribution >= 4 is 18.1 Å². The van der Waals surface area contributed by atoms with Gasteiger partial charge in [-0.2, -0.15) is 0 Å². The summed E-state index contributed by atoms with van der Waals surface area (Å²) in [6, 6.07) is 7.72. The Hall–Kier alpha value is -3.23. The molecule has 9 heteroatoms. The number of rotatable bonds is 2. The standard InChI is InChI=1S/C22H25FN4O2.CH2O2/c1-14-8-18(4-6-24-14)26-10-15-9-16(12-26)20-3-2-19(22(29)27(20)11-15)21(28)25-7-5-17(23)13-25;2-1-3/h2-4,6,8,15-17H,5,7,9-13H2,1H3;1H,(H,2,3)/t15-,16+,17-;/m0./s1. The van der Waals surface area contributed by atoms with Crippen molar-refractivity contribution in [3.05, 3.63) is 57.8 Å². The lowest BCUT2D eigenvalue weighted by atomic mass is 9.82. The number of carbonyl (C=O) groups is 2. The second kappa shape index (κ2) is 9.10. The first-order valence-electron chi connectivity index (χ1n) is 10.8. The number of piperidine rings is 1. The van der Waals surface area contributed by atoms with E-state index in [2.05, 4.69) is 16.0 Å². The van der Waals surface area contributed by atoms with Gasteiger partial charge in [-0.15, -0.1) is 0 Å². The summed E-state index contributed by atoms with van der Waals surface area (Å²) in [5, 5.41) is 6.89. The van der Waals surface area contributed by atoms with Crippen LogP contribution in [0, 0.1) is 12.8 Å². The first kappa shape index (κ1) is 22.0. The van der Waals surface area contributed by atoms with Gasteiger partial charge in [0.15, 0.2) is 0 Å². The predicted octanol–water partition coefficient (Wildman–Crippen LogP) is 2.06. The van der Waals surface area contributed by atoms with Gasteiger partial charge in [0.1, 0.15) is 11.7 Å². The van der Waals surface area contributed by atoms with Crippen LogP contribution in [0.4, 0.5) is 10.1 Å². The van der Waals surface area contributed by atoms with Gasteiger partial charge >= 0.3 is 0 Å². The van der Waals surface area contributed by atoms with Crippen LogP contribution in [0.2, 0.25) is 0 Å². The van der Waals surface area contributed by atoms with E-state index in [0.29, 0.717) is 25.4 Å². The molecule has 170 valence electrons. The molecule has 1 amide bonds. The van der Waals surface area contributed by atoms with E-state index in [1.54, 1.807) is 10.6 Å². The highest BCUT2D eigenvalue weighted by Crippen LogP contribution is 2.37. The van der Waals surface area contributed by atoms with Gasteiger partial charge in [0.2, 0.25) is 0 Å². The van der Waals surface area contributed by atoms with Crippen molar-refractivity contribution in [2.75, 3.05) is 31.1 Å². The highest BCUT2D eigenvalue weighted by molar-refractivity contribution is 5.94. The molecule has 0 saturated carbocycles. The van der Waals surface area contributed by atoms with Gasteiger partial charge in [0, 0.05) is 55.4 Å². The summed E-state index contributed by atoms with van der Waals surface area (Å²) < 4.78 is 15.3. The number of hydrogen-bond donors (Lipinski definition) is 1. The molecule has 2 saturated heterocycles. The zero-order valence-electron chi connectivity index (χ0n) is 18.0. The van der Waals surface area contributed by atoms with E-state index in [1.807, 2.05) is 25.3 Å². The number of carbonyl (C=O) groups excluding carboxylic acids is 1. The maximum absolute atomic E-state index is 13.5. The number of alkyl halides is 1. The first-order chi connectivity index (χ1) is 15.4. The van der Waals surface area contributed by atoms with Crippen LogP contribution in [-0.2, 0) is 11.3 Å². The SMILES string of the molecule is Cc1cc(N2C[C@@H]3C[C@H](C2)c2ccc(C(=O)N4CC[C@H](F)C4)c(=O)n2C3)ccn1.O=CO. The third kappa shape index (κ3) is 4.24. The summed E-state index contributed by atoms with van der Waals surface area (Å²) >= 11 is 0. The maximum atomic E-state index is 13.5. The second-order valence-corrected chi connectivity index (χ2v) is 8.69. The quantitative estimate of drug-likeness (QED) is 0.716. The molecule has 5 rings (SSSR count). The lowest BCUT2D eigenvalue weighted by Crippen LogP contribution is -2.48. The summed E-state index contributed by atoms with van der Waals surface area (Å²) in [6.07, 6.45) is 2.27. The Morgan fingerprint density at radius 3 is 2.69 bits per heavy atom. The third-order valence-corrected chi connectivity index (χ3v) is 6.50. The molecule has 2 aromatic heterocycles. The van der Waals surface area contributed by atoms with Gasteiger partial charge in [-0.25, -0.2) is 4.39 Å². The zero-order valence-corrected chi connectivity index (χ0v) is 18.0. The highest BCUT2D eigenvalue weighted by Gasteiger charge is 2.36. The van der Waals surface area contributed by atoms with E-state index in [4.69, 9.17) is 9.90 Å². The molecule has 0 unspecified atom stereocenters. The van der Waals surface area contributed by atoms with Gasteiger partial charge < -0.3 is 19.5 Å². The minimum Gasteiger partial charge on any atom is -0.483 e. The van der Waals surface area contributed by atoms with Gasteiger partial charge in [0.05, 0.1) is 6.54 Å². The Morgan fingerprint density at radius 2 is 2.00 bits per heavy atom. The summed E-state index contributed by atoms with van der Waals surface area (Å²) in [7, 11) is 0. The molecule has 0 aliphatic carbocycles. The molecular weight excluding hydrogens is 415 g/mol. The lowest BCUT2D eigenvalue weighted by molar-refractivity contribution is -0.122. The minimum absolute atomic E-state index is 0.0889. The molecule has 2 bridgehead atoms. The van der Waals surface area contributed by atoms with Crippen molar-refractivity contribution < 1.29 is 19.1 Å². The predicted molar refractivity (Wildman–Crippen MR) is 117 cm³/mol. The van der Waals surface area contributed by atoms with Crippen LogP contribution in [0.1, 0.15) is 40.5 Å². The van der Waals surface area contributed by atoms with Crippen LogP contribution in [0.25, 0.3) is 0 Å². The van der Waals surface area contributed by atoms with E-state index in [-0.39, 0.29) is 36.0 Å². The Kier molecular flexibility index (Phi) is 6.25. The number of aryl methyl sites for hydroxylation is 1. The van der Waals surface area contributed by atoms with E-state index in [0.717, 1.165) is 30.9 Å². The topological polar surface area (TPSA) is 95.7 Å². The van der Waals surface area contributed by atoms with E-state index in [9.17, 15) is 14.0 Å². The zero-order chi connectivity index (χ0) is 22.8. The molecule has 1 N–H and O–H groups in total.